The van der Waals surface area contributed by atoms with Crippen LogP contribution in [0.25, 0.3) is 0 Å². The van der Waals surface area contributed by atoms with E-state index in [2.05, 4.69) is 105 Å². The molecule has 0 N–H and O–H groups in total. The zero-order valence-corrected chi connectivity index (χ0v) is 19.4. The Morgan fingerprint density at radius 1 is 0.556 bits per heavy atom. The summed E-state index contributed by atoms with van der Waals surface area (Å²) in [6, 6.07) is 33.9. The topological polar surface area (TPSA) is 0 Å². The lowest BCUT2D eigenvalue weighted by atomic mass is 10.1. The summed E-state index contributed by atoms with van der Waals surface area (Å²) in [5.41, 5.74) is 0.685. The van der Waals surface area contributed by atoms with Crippen molar-refractivity contribution in [1.29, 1.82) is 0 Å². The van der Waals surface area contributed by atoms with Gasteiger partial charge in [0, 0.05) is 0 Å². The lowest BCUT2D eigenvalue weighted by molar-refractivity contribution is -0.00000524. The van der Waals surface area contributed by atoms with Gasteiger partial charge in [0.25, 0.3) is 0 Å². The Morgan fingerprint density at radius 2 is 0.852 bits per heavy atom. The molecule has 3 rings (SSSR count). The second-order valence-electron chi connectivity index (χ2n) is 6.96. The van der Waals surface area contributed by atoms with E-state index in [1.165, 1.54) is 41.6 Å². The molecule has 3 aromatic rings. The van der Waals surface area contributed by atoms with Crippen molar-refractivity contribution in [2.45, 2.75) is 45.2 Å². The Kier molecular flexibility index (Phi) is 8.99. The highest BCUT2D eigenvalue weighted by Gasteiger charge is 2.51. The van der Waals surface area contributed by atoms with Gasteiger partial charge in [0.15, 0.2) is 0 Å². The standard InChI is InChI=1S/C25H30P.HI/c1-3-14-22(15-4-2)26(23-16-8-5-9-17-23,24-18-10-6-11-19-24)25-20-12-7-13-21-25;/h5-13,16-22H,3-4,14-15H2,1-2H3;1H/q+1;/p-1. The van der Waals surface area contributed by atoms with Gasteiger partial charge < -0.3 is 24.0 Å². The van der Waals surface area contributed by atoms with Crippen molar-refractivity contribution in [2.75, 3.05) is 0 Å². The van der Waals surface area contributed by atoms with Crippen molar-refractivity contribution in [3.63, 3.8) is 0 Å². The van der Waals surface area contributed by atoms with Gasteiger partial charge in [0.2, 0.25) is 0 Å². The molecule has 0 saturated heterocycles. The summed E-state index contributed by atoms with van der Waals surface area (Å²) in [6.07, 6.45) is 5.03. The number of benzene rings is 3. The van der Waals surface area contributed by atoms with Crippen LogP contribution in [-0.4, -0.2) is 5.66 Å². The van der Waals surface area contributed by atoms with E-state index in [-0.39, 0.29) is 24.0 Å². The van der Waals surface area contributed by atoms with E-state index < -0.39 is 7.26 Å². The average Bonchev–Trinajstić information content (AvgIpc) is 2.71. The molecule has 0 aromatic heterocycles. The predicted octanol–water partition coefficient (Wildman–Crippen LogP) is 2.95. The molecule has 0 aliphatic rings. The molecule has 0 saturated carbocycles. The van der Waals surface area contributed by atoms with Crippen LogP contribution in [0.5, 0.6) is 0 Å². The van der Waals surface area contributed by atoms with E-state index in [0.29, 0.717) is 5.66 Å². The predicted molar refractivity (Wildman–Crippen MR) is 119 cm³/mol. The van der Waals surface area contributed by atoms with Crippen LogP contribution in [0, 0.1) is 0 Å². The van der Waals surface area contributed by atoms with Gasteiger partial charge in [0.1, 0.15) is 23.2 Å². The number of hydrogen-bond acceptors (Lipinski definition) is 0. The molecular weight excluding hydrogens is 458 g/mol. The van der Waals surface area contributed by atoms with Crippen molar-refractivity contribution < 1.29 is 24.0 Å². The normalized spacial score (nSPS) is 11.2. The molecule has 0 spiro atoms. The fourth-order valence-corrected chi connectivity index (χ4v) is 9.64. The Morgan fingerprint density at radius 3 is 1.11 bits per heavy atom. The molecular formula is C25H30IP. The van der Waals surface area contributed by atoms with Crippen LogP contribution < -0.4 is 39.9 Å². The van der Waals surface area contributed by atoms with Crippen LogP contribution in [-0.2, 0) is 0 Å². The molecule has 0 bridgehead atoms. The largest absolute Gasteiger partial charge is 1.00 e. The maximum absolute atomic E-state index is 2.37. The van der Waals surface area contributed by atoms with Gasteiger partial charge in [-0.05, 0) is 49.2 Å². The third-order valence-electron chi connectivity index (χ3n) is 5.28. The molecule has 0 heterocycles. The van der Waals surface area contributed by atoms with Crippen LogP contribution >= 0.6 is 7.26 Å². The summed E-state index contributed by atoms with van der Waals surface area (Å²) in [4.78, 5) is 0. The zero-order valence-electron chi connectivity index (χ0n) is 16.4. The second kappa shape index (κ2) is 11.0. The lowest BCUT2D eigenvalue weighted by Crippen LogP contribution is -3.00. The van der Waals surface area contributed by atoms with Crippen molar-refractivity contribution in [1.82, 2.24) is 0 Å². The minimum Gasteiger partial charge on any atom is -1.00 e. The zero-order chi connectivity index (χ0) is 18.2. The molecule has 2 heteroatoms. The van der Waals surface area contributed by atoms with Crippen LogP contribution in [0.4, 0.5) is 0 Å². The molecule has 3 aromatic carbocycles. The highest BCUT2D eigenvalue weighted by atomic mass is 127. The maximum Gasteiger partial charge on any atom is 0.115 e. The fourth-order valence-electron chi connectivity index (χ4n) is 4.27. The third kappa shape index (κ3) is 4.63. The number of rotatable bonds is 8. The monoisotopic (exact) mass is 488 g/mol. The quantitative estimate of drug-likeness (QED) is 0.338. The molecule has 27 heavy (non-hydrogen) atoms. The van der Waals surface area contributed by atoms with E-state index >= 15 is 0 Å². The lowest BCUT2D eigenvalue weighted by Gasteiger charge is -2.35. The first-order valence-electron chi connectivity index (χ1n) is 9.89. The van der Waals surface area contributed by atoms with Crippen LogP contribution in [0.1, 0.15) is 39.5 Å². The fraction of sp³-hybridized carbons (Fsp3) is 0.280. The van der Waals surface area contributed by atoms with Gasteiger partial charge in [0.05, 0.1) is 5.66 Å². The Bertz CT molecular complexity index is 669. The molecule has 0 fully saturated rings. The summed E-state index contributed by atoms with van der Waals surface area (Å²) in [7, 11) is -1.70. The van der Waals surface area contributed by atoms with E-state index in [1.54, 1.807) is 0 Å². The second-order valence-corrected chi connectivity index (χ2v) is 10.7. The molecule has 0 aliphatic heterocycles. The molecule has 0 aliphatic carbocycles. The van der Waals surface area contributed by atoms with Gasteiger partial charge >= 0.3 is 0 Å². The van der Waals surface area contributed by atoms with E-state index in [0.717, 1.165) is 0 Å². The molecule has 0 nitrogen and oxygen atoms in total. The first-order valence-corrected chi connectivity index (χ1v) is 11.7. The van der Waals surface area contributed by atoms with Gasteiger partial charge in [-0.15, -0.1) is 0 Å². The van der Waals surface area contributed by atoms with E-state index in [1.807, 2.05) is 0 Å². The molecule has 0 amide bonds. The SMILES string of the molecule is CCCC(CCC)[P+](c1ccccc1)(c1ccccc1)c1ccccc1.[I-]. The highest BCUT2D eigenvalue weighted by molar-refractivity contribution is 7.96. The molecule has 0 radical (unpaired) electrons. The van der Waals surface area contributed by atoms with E-state index in [4.69, 9.17) is 0 Å². The molecule has 0 atom stereocenters. The summed E-state index contributed by atoms with van der Waals surface area (Å²) >= 11 is 0. The summed E-state index contributed by atoms with van der Waals surface area (Å²) in [5, 5.41) is 4.55. The van der Waals surface area contributed by atoms with Crippen molar-refractivity contribution in [3.05, 3.63) is 91.0 Å². The van der Waals surface area contributed by atoms with Gasteiger partial charge in [-0.25, -0.2) is 0 Å². The summed E-state index contributed by atoms with van der Waals surface area (Å²) < 4.78 is 0. The minimum absolute atomic E-state index is 0. The first-order chi connectivity index (χ1) is 12.8. The van der Waals surface area contributed by atoms with Crippen molar-refractivity contribution in [2.24, 2.45) is 0 Å². The first kappa shape index (κ1) is 22.1. The summed E-state index contributed by atoms with van der Waals surface area (Å²) in [6.45, 7) is 4.66. The smallest absolute Gasteiger partial charge is 0.115 e. The van der Waals surface area contributed by atoms with Crippen molar-refractivity contribution in [3.8, 4) is 0 Å². The highest BCUT2D eigenvalue weighted by Crippen LogP contribution is 2.62. The van der Waals surface area contributed by atoms with Crippen LogP contribution in [0.2, 0.25) is 0 Å². The number of hydrogen-bond donors (Lipinski definition) is 0. The van der Waals surface area contributed by atoms with Gasteiger partial charge in [-0.3, -0.25) is 0 Å². The number of halogens is 1. The average molecular weight is 488 g/mol. The van der Waals surface area contributed by atoms with Gasteiger partial charge in [-0.2, -0.15) is 0 Å². The molecule has 0 unspecified atom stereocenters. The van der Waals surface area contributed by atoms with Gasteiger partial charge in [-0.1, -0.05) is 81.3 Å². The van der Waals surface area contributed by atoms with E-state index in [9.17, 15) is 0 Å². The Balaban J connectivity index is 0.00000261. The van der Waals surface area contributed by atoms with Crippen LogP contribution in [0.3, 0.4) is 0 Å². The Labute approximate surface area is 182 Å². The van der Waals surface area contributed by atoms with Crippen LogP contribution in [0.15, 0.2) is 91.0 Å². The third-order valence-corrected chi connectivity index (χ3v) is 10.2. The Hall–Kier alpha value is -1.18. The minimum atomic E-state index is -1.70. The molecule has 142 valence electrons. The maximum atomic E-state index is 2.37. The van der Waals surface area contributed by atoms with Crippen molar-refractivity contribution >= 4 is 23.2 Å². The summed E-state index contributed by atoms with van der Waals surface area (Å²) in [5.74, 6) is 0.